The van der Waals surface area contributed by atoms with Gasteiger partial charge in [0.25, 0.3) is 5.91 Å². The van der Waals surface area contributed by atoms with Gasteiger partial charge in [-0.3, -0.25) is 4.79 Å². The molecule has 1 aromatic rings. The standard InChI is InChI=1S/C14H22N2O/c1-10-6-4-7-12(11(10)2)15-14(17)13-8-5-9-16(13)3/h5,8-12H,4,6-7H2,1-3H3,(H,15,17)/t10-,11+,12-/m1/s1. The Labute approximate surface area is 103 Å². The molecule has 0 unspecified atom stereocenters. The molecule has 0 radical (unpaired) electrons. The Kier molecular flexibility index (Phi) is 3.55. The second kappa shape index (κ2) is 4.94. The highest BCUT2D eigenvalue weighted by atomic mass is 16.2. The van der Waals surface area contributed by atoms with Gasteiger partial charge in [-0.15, -0.1) is 0 Å². The number of nitrogens with one attached hydrogen (secondary N) is 1. The molecule has 3 nitrogen and oxygen atoms in total. The monoisotopic (exact) mass is 234 g/mol. The molecule has 2 rings (SSSR count). The summed E-state index contributed by atoms with van der Waals surface area (Å²) >= 11 is 0. The summed E-state index contributed by atoms with van der Waals surface area (Å²) in [5, 5.41) is 3.18. The van der Waals surface area contributed by atoms with Gasteiger partial charge in [0.2, 0.25) is 0 Å². The van der Waals surface area contributed by atoms with E-state index in [-0.39, 0.29) is 5.91 Å². The minimum Gasteiger partial charge on any atom is -0.348 e. The first-order chi connectivity index (χ1) is 8.09. The largest absolute Gasteiger partial charge is 0.348 e. The van der Waals surface area contributed by atoms with Crippen LogP contribution in [0.25, 0.3) is 0 Å². The quantitative estimate of drug-likeness (QED) is 0.838. The molecule has 17 heavy (non-hydrogen) atoms. The molecule has 94 valence electrons. The first-order valence-electron chi connectivity index (χ1n) is 6.52. The van der Waals surface area contributed by atoms with Crippen molar-refractivity contribution < 1.29 is 4.79 Å². The van der Waals surface area contributed by atoms with Crippen molar-refractivity contribution in [1.82, 2.24) is 9.88 Å². The first-order valence-corrected chi connectivity index (χ1v) is 6.52. The Balaban J connectivity index is 2.01. The van der Waals surface area contributed by atoms with E-state index in [1.54, 1.807) is 0 Å². The van der Waals surface area contributed by atoms with Gasteiger partial charge in [0.1, 0.15) is 5.69 Å². The van der Waals surface area contributed by atoms with Gasteiger partial charge in [-0.1, -0.05) is 26.7 Å². The van der Waals surface area contributed by atoms with Crippen molar-refractivity contribution in [2.24, 2.45) is 18.9 Å². The zero-order valence-electron chi connectivity index (χ0n) is 10.9. The van der Waals surface area contributed by atoms with Crippen LogP contribution in [0.4, 0.5) is 0 Å². The summed E-state index contributed by atoms with van der Waals surface area (Å²) in [7, 11) is 1.90. The normalized spacial score (nSPS) is 29.0. The molecule has 0 spiro atoms. The molecule has 0 bridgehead atoms. The van der Waals surface area contributed by atoms with Crippen LogP contribution < -0.4 is 5.32 Å². The summed E-state index contributed by atoms with van der Waals surface area (Å²) in [6.07, 6.45) is 5.53. The molecule has 1 aromatic heterocycles. The third-order valence-corrected chi connectivity index (χ3v) is 4.20. The number of rotatable bonds is 2. The van der Waals surface area contributed by atoms with Crippen LogP contribution >= 0.6 is 0 Å². The van der Waals surface area contributed by atoms with Crippen LogP contribution in [-0.2, 0) is 7.05 Å². The molecule has 3 heteroatoms. The van der Waals surface area contributed by atoms with Gasteiger partial charge in [0, 0.05) is 19.3 Å². The van der Waals surface area contributed by atoms with Crippen LogP contribution in [0.5, 0.6) is 0 Å². The van der Waals surface area contributed by atoms with Gasteiger partial charge >= 0.3 is 0 Å². The minimum atomic E-state index is 0.0588. The SMILES string of the molecule is C[C@H]1[C@H](C)CCC[C@H]1NC(=O)c1cccn1C. The number of aromatic nitrogens is 1. The average molecular weight is 234 g/mol. The molecule has 3 atom stereocenters. The molecular weight excluding hydrogens is 212 g/mol. The highest BCUT2D eigenvalue weighted by Crippen LogP contribution is 2.29. The Morgan fingerprint density at radius 1 is 1.41 bits per heavy atom. The third kappa shape index (κ3) is 2.54. The van der Waals surface area contributed by atoms with Gasteiger partial charge in [0.15, 0.2) is 0 Å². The van der Waals surface area contributed by atoms with Gasteiger partial charge in [-0.25, -0.2) is 0 Å². The summed E-state index contributed by atoms with van der Waals surface area (Å²) in [5.41, 5.74) is 0.746. The molecule has 0 aromatic carbocycles. The van der Waals surface area contributed by atoms with E-state index in [0.29, 0.717) is 17.9 Å². The predicted octanol–water partition coefficient (Wildman–Crippen LogP) is 2.58. The fourth-order valence-electron chi connectivity index (χ4n) is 2.73. The van der Waals surface area contributed by atoms with Crippen molar-refractivity contribution in [3.63, 3.8) is 0 Å². The van der Waals surface area contributed by atoms with Gasteiger partial charge in [-0.05, 0) is 30.4 Å². The van der Waals surface area contributed by atoms with Crippen molar-refractivity contribution >= 4 is 5.91 Å². The van der Waals surface area contributed by atoms with Gasteiger partial charge in [-0.2, -0.15) is 0 Å². The van der Waals surface area contributed by atoms with Crippen LogP contribution in [-0.4, -0.2) is 16.5 Å². The topological polar surface area (TPSA) is 34.0 Å². The maximum absolute atomic E-state index is 12.1. The van der Waals surface area contributed by atoms with Crippen molar-refractivity contribution in [3.05, 3.63) is 24.0 Å². The number of aryl methyl sites for hydroxylation is 1. The smallest absolute Gasteiger partial charge is 0.268 e. The number of hydrogen-bond donors (Lipinski definition) is 1. The Hall–Kier alpha value is -1.25. The maximum Gasteiger partial charge on any atom is 0.268 e. The van der Waals surface area contributed by atoms with E-state index in [0.717, 1.165) is 12.1 Å². The van der Waals surface area contributed by atoms with Gasteiger partial charge < -0.3 is 9.88 Å². The number of amides is 1. The molecule has 1 aliphatic carbocycles. The van der Waals surface area contributed by atoms with Crippen LogP contribution in [0.2, 0.25) is 0 Å². The van der Waals surface area contributed by atoms with Crippen molar-refractivity contribution in [3.8, 4) is 0 Å². The molecule has 1 amide bonds. The fourth-order valence-corrected chi connectivity index (χ4v) is 2.73. The number of carbonyl (C=O) groups excluding carboxylic acids is 1. The molecule has 0 aliphatic heterocycles. The lowest BCUT2D eigenvalue weighted by atomic mass is 9.78. The van der Waals surface area contributed by atoms with Crippen LogP contribution in [0.1, 0.15) is 43.6 Å². The lowest BCUT2D eigenvalue weighted by Crippen LogP contribution is -2.44. The lowest BCUT2D eigenvalue weighted by Gasteiger charge is -2.34. The molecule has 1 saturated carbocycles. The van der Waals surface area contributed by atoms with Gasteiger partial charge in [0.05, 0.1) is 0 Å². The van der Waals surface area contributed by atoms with E-state index in [2.05, 4.69) is 19.2 Å². The minimum absolute atomic E-state index is 0.0588. The predicted molar refractivity (Wildman–Crippen MR) is 68.8 cm³/mol. The summed E-state index contributed by atoms with van der Waals surface area (Å²) in [6.45, 7) is 4.53. The van der Waals surface area contributed by atoms with E-state index in [1.165, 1.54) is 12.8 Å². The van der Waals surface area contributed by atoms with E-state index >= 15 is 0 Å². The van der Waals surface area contributed by atoms with Crippen molar-refractivity contribution in [2.75, 3.05) is 0 Å². The Bertz CT molecular complexity index is 397. The second-order valence-electron chi connectivity index (χ2n) is 5.35. The average Bonchev–Trinajstić information content (AvgIpc) is 2.71. The number of nitrogens with zero attached hydrogens (tertiary/aromatic N) is 1. The Morgan fingerprint density at radius 3 is 2.82 bits per heavy atom. The van der Waals surface area contributed by atoms with Crippen LogP contribution in [0.15, 0.2) is 18.3 Å². The zero-order chi connectivity index (χ0) is 12.4. The third-order valence-electron chi connectivity index (χ3n) is 4.20. The van der Waals surface area contributed by atoms with Crippen LogP contribution in [0.3, 0.4) is 0 Å². The van der Waals surface area contributed by atoms with E-state index in [4.69, 9.17) is 0 Å². The highest BCUT2D eigenvalue weighted by Gasteiger charge is 2.28. The molecule has 1 fully saturated rings. The summed E-state index contributed by atoms with van der Waals surface area (Å²) < 4.78 is 1.87. The van der Waals surface area contributed by atoms with E-state index < -0.39 is 0 Å². The zero-order valence-corrected chi connectivity index (χ0v) is 10.9. The van der Waals surface area contributed by atoms with Crippen molar-refractivity contribution in [1.29, 1.82) is 0 Å². The van der Waals surface area contributed by atoms with Crippen molar-refractivity contribution in [2.45, 2.75) is 39.2 Å². The molecule has 1 N–H and O–H groups in total. The van der Waals surface area contributed by atoms with E-state index in [9.17, 15) is 4.79 Å². The fraction of sp³-hybridized carbons (Fsp3) is 0.643. The summed E-state index contributed by atoms with van der Waals surface area (Å²) in [5.74, 6) is 1.35. The molecule has 0 saturated heterocycles. The molecular formula is C14H22N2O. The molecule has 1 aliphatic rings. The van der Waals surface area contributed by atoms with Crippen LogP contribution in [0, 0.1) is 11.8 Å². The second-order valence-corrected chi connectivity index (χ2v) is 5.35. The lowest BCUT2D eigenvalue weighted by molar-refractivity contribution is 0.0883. The summed E-state index contributed by atoms with van der Waals surface area (Å²) in [6, 6.07) is 4.11. The number of carbonyl (C=O) groups is 1. The maximum atomic E-state index is 12.1. The Morgan fingerprint density at radius 2 is 2.18 bits per heavy atom. The number of hydrogen-bond acceptors (Lipinski definition) is 1. The van der Waals surface area contributed by atoms with E-state index in [1.807, 2.05) is 29.9 Å². The highest BCUT2D eigenvalue weighted by molar-refractivity contribution is 5.92. The summed E-state index contributed by atoms with van der Waals surface area (Å²) in [4.78, 5) is 12.1. The molecule has 1 heterocycles. The first kappa shape index (κ1) is 12.2.